The van der Waals surface area contributed by atoms with E-state index in [4.69, 9.17) is 27.9 Å². The van der Waals surface area contributed by atoms with Gasteiger partial charge in [-0.25, -0.2) is 4.39 Å². The van der Waals surface area contributed by atoms with Gasteiger partial charge < -0.3 is 19.6 Å². The topological polar surface area (TPSA) is 70.1 Å². The second kappa shape index (κ2) is 14.2. The average Bonchev–Trinajstić information content (AvgIpc) is 3.00. The van der Waals surface area contributed by atoms with Gasteiger partial charge in [0.05, 0.1) is 12.0 Å². The van der Waals surface area contributed by atoms with Crippen molar-refractivity contribution in [3.63, 3.8) is 0 Å². The maximum atomic E-state index is 14.6. The number of hydrogen-bond donors (Lipinski definition) is 1. The molecule has 0 bridgehead atoms. The summed E-state index contributed by atoms with van der Waals surface area (Å²) >= 11 is 12.5. The highest BCUT2D eigenvalue weighted by atomic mass is 35.5. The number of piperidine rings is 1. The fourth-order valence-electron chi connectivity index (χ4n) is 6.36. The number of halogens is 3. The van der Waals surface area contributed by atoms with Crippen LogP contribution in [0.4, 0.5) is 4.39 Å². The van der Waals surface area contributed by atoms with Gasteiger partial charge in [0.2, 0.25) is 0 Å². The molecule has 9 heteroatoms. The molecule has 3 aromatic carbocycles. The van der Waals surface area contributed by atoms with E-state index >= 15 is 0 Å². The summed E-state index contributed by atoms with van der Waals surface area (Å²) in [5.41, 5.74) is 2.61. The van der Waals surface area contributed by atoms with Gasteiger partial charge in [0.25, 0.3) is 5.91 Å². The van der Waals surface area contributed by atoms with Crippen LogP contribution in [0, 0.1) is 11.7 Å². The number of carboxylic acids is 1. The number of ether oxygens (including phenoxy) is 1. The maximum absolute atomic E-state index is 14.6. The standard InChI is InChI=1S/C34H37Cl2FN2O4/c1-2-3-29(21-38-18-16-25(17-19-38)34(41)42)39-31(23-6-10-26(35)11-7-23)32(24-8-12-27(36)13-9-24)43-30(33(39)40)20-22-4-14-28(37)15-5-22/h4-15,25,29-32H,2-3,16-21H2,1H3,(H,41,42)/t29-,30-,31+,32-/m1/s1. The molecule has 5 rings (SSSR count). The lowest BCUT2D eigenvalue weighted by Crippen LogP contribution is -2.58. The molecule has 0 aromatic heterocycles. The van der Waals surface area contributed by atoms with Crippen LogP contribution in [-0.4, -0.2) is 58.6 Å². The lowest BCUT2D eigenvalue weighted by molar-refractivity contribution is -0.180. The summed E-state index contributed by atoms with van der Waals surface area (Å²) < 4.78 is 20.4. The largest absolute Gasteiger partial charge is 0.481 e. The zero-order chi connectivity index (χ0) is 30.5. The third-order valence-corrected chi connectivity index (χ3v) is 9.10. The van der Waals surface area contributed by atoms with E-state index in [-0.39, 0.29) is 23.7 Å². The van der Waals surface area contributed by atoms with Crippen molar-refractivity contribution in [2.24, 2.45) is 5.92 Å². The van der Waals surface area contributed by atoms with E-state index in [0.29, 0.717) is 48.9 Å². The minimum absolute atomic E-state index is 0.117. The molecule has 228 valence electrons. The second-order valence-corrected chi connectivity index (χ2v) is 12.4. The molecule has 2 aliphatic heterocycles. The third kappa shape index (κ3) is 7.58. The Balaban J connectivity index is 1.55. The summed E-state index contributed by atoms with van der Waals surface area (Å²) in [7, 11) is 0. The van der Waals surface area contributed by atoms with Gasteiger partial charge in [-0.3, -0.25) is 9.59 Å². The first kappa shape index (κ1) is 31.5. The number of carbonyl (C=O) groups excluding carboxylic acids is 1. The zero-order valence-electron chi connectivity index (χ0n) is 24.2. The average molecular weight is 628 g/mol. The lowest BCUT2D eigenvalue weighted by Gasteiger charge is -2.49. The van der Waals surface area contributed by atoms with Crippen molar-refractivity contribution in [3.8, 4) is 0 Å². The molecule has 0 unspecified atom stereocenters. The lowest BCUT2D eigenvalue weighted by atomic mass is 9.88. The zero-order valence-corrected chi connectivity index (χ0v) is 25.7. The van der Waals surface area contributed by atoms with Crippen LogP contribution >= 0.6 is 23.2 Å². The van der Waals surface area contributed by atoms with Gasteiger partial charge in [-0.15, -0.1) is 0 Å². The Bertz CT molecular complexity index is 1380. The molecule has 6 nitrogen and oxygen atoms in total. The summed E-state index contributed by atoms with van der Waals surface area (Å²) in [5, 5.41) is 10.7. The van der Waals surface area contributed by atoms with Crippen LogP contribution < -0.4 is 0 Å². The number of rotatable bonds is 10. The van der Waals surface area contributed by atoms with Crippen LogP contribution in [0.5, 0.6) is 0 Å². The van der Waals surface area contributed by atoms with Gasteiger partial charge in [0.1, 0.15) is 18.0 Å². The van der Waals surface area contributed by atoms with E-state index in [2.05, 4.69) is 11.8 Å². The van der Waals surface area contributed by atoms with Crippen molar-refractivity contribution in [3.05, 3.63) is 105 Å². The highest BCUT2D eigenvalue weighted by Crippen LogP contribution is 2.44. The van der Waals surface area contributed by atoms with Gasteiger partial charge in [0, 0.05) is 29.1 Å². The number of hydrogen-bond acceptors (Lipinski definition) is 4. The highest BCUT2D eigenvalue weighted by molar-refractivity contribution is 6.30. The molecule has 43 heavy (non-hydrogen) atoms. The van der Waals surface area contributed by atoms with Crippen LogP contribution in [0.1, 0.15) is 61.4 Å². The van der Waals surface area contributed by atoms with E-state index in [1.165, 1.54) is 12.1 Å². The Morgan fingerprint density at radius 2 is 1.53 bits per heavy atom. The van der Waals surface area contributed by atoms with E-state index in [1.807, 2.05) is 53.4 Å². The summed E-state index contributed by atoms with van der Waals surface area (Å²) in [5.74, 6) is -1.53. The van der Waals surface area contributed by atoms with Crippen molar-refractivity contribution < 1.29 is 23.8 Å². The fraction of sp³-hybridized carbons (Fsp3) is 0.412. The summed E-state index contributed by atoms with van der Waals surface area (Å²) in [6, 6.07) is 20.7. The Morgan fingerprint density at radius 1 is 0.953 bits per heavy atom. The van der Waals surface area contributed by atoms with E-state index in [0.717, 1.165) is 29.5 Å². The van der Waals surface area contributed by atoms with Crippen molar-refractivity contribution in [1.29, 1.82) is 0 Å². The smallest absolute Gasteiger partial charge is 0.306 e. The predicted octanol–water partition coefficient (Wildman–Crippen LogP) is 7.35. The van der Waals surface area contributed by atoms with Crippen molar-refractivity contribution in [2.75, 3.05) is 19.6 Å². The molecule has 0 radical (unpaired) electrons. The molecule has 2 aliphatic rings. The fourth-order valence-corrected chi connectivity index (χ4v) is 6.61. The summed E-state index contributed by atoms with van der Waals surface area (Å²) in [6.07, 6.45) is 1.83. The third-order valence-electron chi connectivity index (χ3n) is 8.59. The van der Waals surface area contributed by atoms with Gasteiger partial charge in [0.15, 0.2) is 0 Å². The molecule has 0 aliphatic carbocycles. The molecule has 0 spiro atoms. The van der Waals surface area contributed by atoms with Crippen LogP contribution in [0.3, 0.4) is 0 Å². The Kier molecular flexibility index (Phi) is 10.4. The molecule has 2 fully saturated rings. The monoisotopic (exact) mass is 626 g/mol. The highest BCUT2D eigenvalue weighted by Gasteiger charge is 2.47. The van der Waals surface area contributed by atoms with Gasteiger partial charge in [-0.2, -0.15) is 0 Å². The Hall–Kier alpha value is -2.97. The first-order chi connectivity index (χ1) is 20.7. The van der Waals surface area contributed by atoms with Crippen LogP contribution in [0.25, 0.3) is 0 Å². The molecule has 0 saturated carbocycles. The van der Waals surface area contributed by atoms with Crippen LogP contribution in [0.2, 0.25) is 10.0 Å². The van der Waals surface area contributed by atoms with Crippen molar-refractivity contribution in [2.45, 2.75) is 63.3 Å². The van der Waals surface area contributed by atoms with Crippen LogP contribution in [-0.2, 0) is 20.7 Å². The number of benzene rings is 3. The number of morpholine rings is 1. The van der Waals surface area contributed by atoms with Crippen molar-refractivity contribution in [1.82, 2.24) is 9.80 Å². The number of amides is 1. The predicted molar refractivity (Wildman–Crippen MR) is 166 cm³/mol. The maximum Gasteiger partial charge on any atom is 0.306 e. The number of likely N-dealkylation sites (tertiary alicyclic amines) is 1. The molecule has 1 amide bonds. The normalized spacial score (nSPS) is 22.5. The van der Waals surface area contributed by atoms with Crippen LogP contribution in [0.15, 0.2) is 72.8 Å². The SMILES string of the molecule is CCC[C@H](CN1CCC(C(=O)O)CC1)N1C(=O)[C@@H](Cc2ccc(F)cc2)O[C@H](c2ccc(Cl)cc2)[C@@H]1c1ccc(Cl)cc1. The summed E-state index contributed by atoms with van der Waals surface area (Å²) in [6.45, 7) is 4.08. The van der Waals surface area contributed by atoms with E-state index in [1.54, 1.807) is 12.1 Å². The van der Waals surface area contributed by atoms with E-state index in [9.17, 15) is 19.1 Å². The quantitative estimate of drug-likeness (QED) is 0.255. The molecule has 2 heterocycles. The molecule has 3 aromatic rings. The summed E-state index contributed by atoms with van der Waals surface area (Å²) in [4.78, 5) is 30.4. The first-order valence-corrected chi connectivity index (χ1v) is 15.7. The van der Waals surface area contributed by atoms with Gasteiger partial charge in [-0.05, 0) is 85.4 Å². The van der Waals surface area contributed by atoms with E-state index < -0.39 is 24.2 Å². The molecule has 2 saturated heterocycles. The minimum atomic E-state index is -0.785. The molecule has 1 N–H and O–H groups in total. The number of carbonyl (C=O) groups is 2. The molecular formula is C34H37Cl2FN2O4. The number of nitrogens with zero attached hydrogens (tertiary/aromatic N) is 2. The van der Waals surface area contributed by atoms with Gasteiger partial charge in [-0.1, -0.05) is 72.9 Å². The number of aliphatic carboxylic acids is 1. The van der Waals surface area contributed by atoms with Gasteiger partial charge >= 0.3 is 5.97 Å². The molecular weight excluding hydrogens is 590 g/mol. The first-order valence-electron chi connectivity index (χ1n) is 14.9. The van der Waals surface area contributed by atoms with Crippen molar-refractivity contribution >= 4 is 35.1 Å². The molecule has 4 atom stereocenters. The Labute approximate surface area is 262 Å². The Morgan fingerprint density at radius 3 is 2.09 bits per heavy atom. The minimum Gasteiger partial charge on any atom is -0.481 e. The second-order valence-electron chi connectivity index (χ2n) is 11.5. The number of carboxylic acid groups (broad SMARTS) is 1.